The van der Waals surface area contributed by atoms with E-state index in [1.807, 2.05) is 11.9 Å². The van der Waals surface area contributed by atoms with Gasteiger partial charge in [-0.1, -0.05) is 0 Å². The van der Waals surface area contributed by atoms with Crippen molar-refractivity contribution in [1.82, 2.24) is 12.7 Å². The lowest BCUT2D eigenvalue weighted by Gasteiger charge is -2.43. The highest BCUT2D eigenvalue weighted by Crippen LogP contribution is 2.40. The van der Waals surface area contributed by atoms with Gasteiger partial charge in [-0.05, 0) is 20.9 Å². The molecule has 0 aliphatic carbocycles. The molecule has 2 atom stereocenters. The van der Waals surface area contributed by atoms with Crippen LogP contribution in [0.1, 0.15) is 12.5 Å². The Hall–Kier alpha value is -1.49. The maximum absolute atomic E-state index is 14.8. The summed E-state index contributed by atoms with van der Waals surface area (Å²) >= 11 is 1.72. The van der Waals surface area contributed by atoms with Gasteiger partial charge in [0.05, 0.1) is 40.0 Å². The molecule has 1 aromatic carbocycles. The van der Waals surface area contributed by atoms with Gasteiger partial charge < -0.3 is 10.2 Å². The number of rotatable bonds is 0. The van der Waals surface area contributed by atoms with Crippen LogP contribution in [-0.2, 0) is 0 Å². The Bertz CT molecular complexity index is 947. The van der Waals surface area contributed by atoms with Crippen molar-refractivity contribution in [2.75, 3.05) is 36.9 Å². The molecule has 1 aromatic heterocycles. The van der Waals surface area contributed by atoms with E-state index in [0.29, 0.717) is 24.3 Å². The molecule has 0 radical (unpaired) electrons. The molecule has 0 spiro atoms. The average Bonchev–Trinajstić information content (AvgIpc) is 2.71. The van der Waals surface area contributed by atoms with Crippen molar-refractivity contribution in [2.45, 2.75) is 25.9 Å². The molecule has 9 heteroatoms. The van der Waals surface area contributed by atoms with Crippen molar-refractivity contribution in [3.8, 4) is 0 Å². The summed E-state index contributed by atoms with van der Waals surface area (Å²) in [4.78, 5) is 20.8. The van der Waals surface area contributed by atoms with E-state index >= 15 is 0 Å². The highest BCUT2D eigenvalue weighted by atomic mass is 127. The van der Waals surface area contributed by atoms with Crippen molar-refractivity contribution in [3.05, 3.63) is 27.7 Å². The number of halogens is 3. The molecule has 2 unspecified atom stereocenters. The smallest absolute Gasteiger partial charge is 0.359 e. The van der Waals surface area contributed by atoms with Crippen molar-refractivity contribution < 1.29 is 8.78 Å². The molecular weight excluding hydrogens is 443 g/mol. The number of hydrogen-bond acceptors (Lipinski definition) is 5. The Kier molecular flexibility index (Phi) is 3.91. The second-order valence-electron chi connectivity index (χ2n) is 6.83. The fraction of sp³-hybridized carbons (Fsp3) is 0.500. The Morgan fingerprint density at radius 1 is 1.28 bits per heavy atom. The Morgan fingerprint density at radius 2 is 2.00 bits per heavy atom. The number of hydrogen-bond donors (Lipinski definition) is 1. The lowest BCUT2D eigenvalue weighted by molar-refractivity contribution is 0.203. The van der Waals surface area contributed by atoms with Gasteiger partial charge in [-0.3, -0.25) is 4.90 Å². The number of fused-ring (bicyclic) bond motifs is 2. The zero-order valence-corrected chi connectivity index (χ0v) is 16.3. The third kappa shape index (κ3) is 2.35. The molecule has 2 aliphatic rings. The van der Waals surface area contributed by atoms with Crippen LogP contribution >= 0.6 is 22.9 Å². The molecule has 1 N–H and O–H groups in total. The largest absolute Gasteiger partial charge is 0.380 e. The molecule has 1 fully saturated rings. The highest BCUT2D eigenvalue weighted by Gasteiger charge is 2.36. The number of aromatic nitrogens is 2. The van der Waals surface area contributed by atoms with E-state index in [4.69, 9.17) is 0 Å². The van der Waals surface area contributed by atoms with E-state index in [1.54, 1.807) is 22.9 Å². The Morgan fingerprint density at radius 3 is 2.72 bits per heavy atom. The quantitative estimate of drug-likeness (QED) is 0.610. The molecule has 0 bridgehead atoms. The molecular formula is C16H18F2IN5O. The summed E-state index contributed by atoms with van der Waals surface area (Å²) < 4.78 is 30.8. The van der Waals surface area contributed by atoms with Crippen LogP contribution in [0.25, 0.3) is 10.9 Å². The van der Waals surface area contributed by atoms with Crippen LogP contribution in [0.15, 0.2) is 4.79 Å². The predicted octanol–water partition coefficient (Wildman–Crippen LogP) is 2.12. The number of nitrogens with one attached hydrogen (secondary N) is 1. The summed E-state index contributed by atoms with van der Waals surface area (Å²) in [7, 11) is 2.04. The third-order valence-corrected chi connectivity index (χ3v) is 6.20. The lowest BCUT2D eigenvalue weighted by Crippen LogP contribution is -2.58. The number of anilines is 2. The van der Waals surface area contributed by atoms with Crippen LogP contribution in [0.2, 0.25) is 0 Å². The van der Waals surface area contributed by atoms with Gasteiger partial charge in [-0.25, -0.2) is 16.4 Å². The first kappa shape index (κ1) is 17.0. The topological polar surface area (TPSA) is 53.4 Å². The fourth-order valence-electron chi connectivity index (χ4n) is 3.70. The first-order valence-corrected chi connectivity index (χ1v) is 9.09. The van der Waals surface area contributed by atoms with Crippen LogP contribution in [0.5, 0.6) is 0 Å². The SMILES string of the molecule is Cc1c(F)c2c3c(nc(=O)n(I)c3c1F)N1CC(C)N(C)CC1CN2. The molecule has 4 rings (SSSR count). The van der Waals surface area contributed by atoms with E-state index in [9.17, 15) is 13.6 Å². The van der Waals surface area contributed by atoms with Gasteiger partial charge in [-0.15, -0.1) is 0 Å². The second kappa shape index (κ2) is 5.76. The van der Waals surface area contributed by atoms with Crippen LogP contribution in [-0.4, -0.2) is 51.4 Å². The molecule has 6 nitrogen and oxygen atoms in total. The van der Waals surface area contributed by atoms with Crippen LogP contribution in [0.4, 0.5) is 20.3 Å². The summed E-state index contributed by atoms with van der Waals surface area (Å²) in [6, 6.07) is 0.272. The van der Waals surface area contributed by atoms with Gasteiger partial charge in [-0.2, -0.15) is 4.98 Å². The summed E-state index contributed by atoms with van der Waals surface area (Å²) in [5, 5.41) is 3.48. The minimum atomic E-state index is -0.714. The summed E-state index contributed by atoms with van der Waals surface area (Å²) in [5.74, 6) is -0.964. The van der Waals surface area contributed by atoms with Crippen LogP contribution in [0.3, 0.4) is 0 Å². The van der Waals surface area contributed by atoms with Crippen molar-refractivity contribution in [1.29, 1.82) is 0 Å². The van der Waals surface area contributed by atoms with Crippen molar-refractivity contribution >= 4 is 45.3 Å². The van der Waals surface area contributed by atoms with Crippen molar-refractivity contribution in [2.24, 2.45) is 0 Å². The first-order valence-electron chi connectivity index (χ1n) is 8.12. The van der Waals surface area contributed by atoms with Gasteiger partial charge in [0.15, 0.2) is 11.6 Å². The average molecular weight is 461 g/mol. The molecule has 0 amide bonds. The highest BCUT2D eigenvalue weighted by molar-refractivity contribution is 14.1. The van der Waals surface area contributed by atoms with Gasteiger partial charge in [0.2, 0.25) is 0 Å². The van der Waals surface area contributed by atoms with E-state index in [1.165, 1.54) is 6.92 Å². The molecule has 2 aliphatic heterocycles. The van der Waals surface area contributed by atoms with Gasteiger partial charge in [0.25, 0.3) is 0 Å². The minimum Gasteiger partial charge on any atom is -0.380 e. The maximum atomic E-state index is 14.8. The molecule has 2 aromatic rings. The van der Waals surface area contributed by atoms with Gasteiger partial charge in [0, 0.05) is 31.2 Å². The van der Waals surface area contributed by atoms with E-state index in [-0.39, 0.29) is 28.9 Å². The molecule has 3 heterocycles. The normalized spacial score (nSPS) is 23.4. The summed E-state index contributed by atoms with van der Waals surface area (Å²) in [6.45, 7) is 5.37. The lowest BCUT2D eigenvalue weighted by atomic mass is 10.1. The zero-order chi connectivity index (χ0) is 18.0. The molecule has 25 heavy (non-hydrogen) atoms. The number of piperazine rings is 1. The molecule has 1 saturated heterocycles. The zero-order valence-electron chi connectivity index (χ0n) is 14.1. The molecule has 134 valence electrons. The Balaban J connectivity index is 2.09. The van der Waals surface area contributed by atoms with Crippen LogP contribution in [0, 0.1) is 18.6 Å². The third-order valence-electron chi connectivity index (χ3n) is 5.30. The standard InChI is InChI=1S/C16H18F2IN5O/c1-7-5-23-9(6-22(7)3)4-20-13-10-14(12(18)8(2)11(13)17)24(19)16(25)21-15(10)23/h7,9,20H,4-6H2,1-3H3. The van der Waals surface area contributed by atoms with Crippen molar-refractivity contribution in [3.63, 3.8) is 0 Å². The summed E-state index contributed by atoms with van der Waals surface area (Å²) in [5.41, 5.74) is -0.329. The summed E-state index contributed by atoms with van der Waals surface area (Å²) in [6.07, 6.45) is 0. The second-order valence-corrected chi connectivity index (χ2v) is 7.79. The maximum Gasteiger partial charge on any atom is 0.359 e. The number of likely N-dealkylation sites (N-methyl/N-ethyl adjacent to an activating group) is 1. The number of nitrogens with zero attached hydrogens (tertiary/aromatic N) is 4. The first-order chi connectivity index (χ1) is 11.8. The Labute approximate surface area is 157 Å². The van der Waals surface area contributed by atoms with E-state index in [2.05, 4.69) is 22.1 Å². The van der Waals surface area contributed by atoms with Gasteiger partial charge in [0.1, 0.15) is 11.3 Å². The van der Waals surface area contributed by atoms with E-state index in [0.717, 1.165) is 9.33 Å². The number of benzene rings is 1. The minimum absolute atomic E-state index is 0.0246. The van der Waals surface area contributed by atoms with E-state index < -0.39 is 17.3 Å². The van der Waals surface area contributed by atoms with Crippen LogP contribution < -0.4 is 15.9 Å². The predicted molar refractivity (Wildman–Crippen MR) is 102 cm³/mol. The molecule has 0 saturated carbocycles. The fourth-order valence-corrected chi connectivity index (χ4v) is 4.26. The monoisotopic (exact) mass is 461 g/mol. The van der Waals surface area contributed by atoms with Gasteiger partial charge >= 0.3 is 5.69 Å².